The van der Waals surface area contributed by atoms with E-state index < -0.39 is 0 Å². The quantitative estimate of drug-likeness (QED) is 0.0346. The predicted octanol–water partition coefficient (Wildman–Crippen LogP) is 21.3. The fraction of sp³-hybridized carbons (Fsp3) is 0.952. The number of carbonyl (C=O) groups is 1. The molecule has 0 heterocycles. The topological polar surface area (TPSA) is 29.5 Å². The molecule has 0 aliphatic heterocycles. The van der Waals surface area contributed by atoms with E-state index in [1.165, 1.54) is 283 Å². The number of nitrogens with zero attached hydrogens (tertiary/aromatic N) is 1. The van der Waals surface area contributed by atoms with Gasteiger partial charge in [-0.05, 0) is 77.4 Å². The number of rotatable bonds is 54. The maximum atomic E-state index is 12.8. The SMILES string of the molecule is CCCCCCCCCCCCCCCCCC/C(=C\C(C)CC(C)C(=O)OCCCCN(C)C)CCCCCCCCC(CCCCCCCCCC)CCCCCCCCCCC. The summed E-state index contributed by atoms with van der Waals surface area (Å²) in [4.78, 5) is 15.0. The molecule has 0 amide bonds. The maximum Gasteiger partial charge on any atom is 0.308 e. The van der Waals surface area contributed by atoms with Crippen LogP contribution < -0.4 is 0 Å². The third-order valence-electron chi connectivity index (χ3n) is 14.8. The van der Waals surface area contributed by atoms with Gasteiger partial charge >= 0.3 is 5.97 Å². The van der Waals surface area contributed by atoms with Crippen molar-refractivity contribution >= 4 is 5.97 Å². The second kappa shape index (κ2) is 52.5. The number of hydrogen-bond donors (Lipinski definition) is 0. The minimum atomic E-state index is -0.0306. The molecule has 0 radical (unpaired) electrons. The van der Waals surface area contributed by atoms with Crippen molar-refractivity contribution in [3.63, 3.8) is 0 Å². The lowest BCUT2D eigenvalue weighted by atomic mass is 9.89. The van der Waals surface area contributed by atoms with E-state index in [4.69, 9.17) is 4.74 Å². The smallest absolute Gasteiger partial charge is 0.308 e. The van der Waals surface area contributed by atoms with E-state index >= 15 is 0 Å². The zero-order chi connectivity index (χ0) is 47.5. The first-order chi connectivity index (χ1) is 31.8. The molecule has 388 valence electrons. The van der Waals surface area contributed by atoms with E-state index in [0.29, 0.717) is 12.5 Å². The summed E-state index contributed by atoms with van der Waals surface area (Å²) in [7, 11) is 4.21. The van der Waals surface area contributed by atoms with E-state index in [0.717, 1.165) is 31.7 Å². The van der Waals surface area contributed by atoms with Crippen LogP contribution >= 0.6 is 0 Å². The highest BCUT2D eigenvalue weighted by atomic mass is 16.5. The van der Waals surface area contributed by atoms with Crippen molar-refractivity contribution in [3.8, 4) is 0 Å². The van der Waals surface area contributed by atoms with Gasteiger partial charge in [-0.1, -0.05) is 303 Å². The average molecular weight is 915 g/mol. The Labute approximate surface area is 411 Å². The molecule has 0 fully saturated rings. The number of carbonyl (C=O) groups excluding carboxylic acids is 1. The van der Waals surface area contributed by atoms with Crippen molar-refractivity contribution in [3.05, 3.63) is 11.6 Å². The molecule has 3 nitrogen and oxygen atoms in total. The average Bonchev–Trinajstić information content (AvgIpc) is 3.29. The van der Waals surface area contributed by atoms with Gasteiger partial charge in [0.25, 0.3) is 0 Å². The van der Waals surface area contributed by atoms with Crippen LogP contribution in [0.1, 0.15) is 336 Å². The lowest BCUT2D eigenvalue weighted by Crippen LogP contribution is -2.18. The highest BCUT2D eigenvalue weighted by Gasteiger charge is 2.17. The summed E-state index contributed by atoms with van der Waals surface area (Å²) in [5.41, 5.74) is 1.67. The number of ether oxygens (including phenoxy) is 1. The summed E-state index contributed by atoms with van der Waals surface area (Å²) in [6.07, 6.45) is 68.4. The Kier molecular flexibility index (Phi) is 51.9. The van der Waals surface area contributed by atoms with Crippen LogP contribution in [-0.2, 0) is 9.53 Å². The molecule has 3 atom stereocenters. The van der Waals surface area contributed by atoms with Gasteiger partial charge in [-0.25, -0.2) is 0 Å². The second-order valence-electron chi connectivity index (χ2n) is 22.1. The molecule has 0 rings (SSSR count). The third-order valence-corrected chi connectivity index (χ3v) is 14.8. The minimum absolute atomic E-state index is 0.00237. The zero-order valence-corrected chi connectivity index (χ0v) is 46.2. The van der Waals surface area contributed by atoms with Crippen molar-refractivity contribution < 1.29 is 9.53 Å². The molecule has 0 saturated heterocycles. The predicted molar refractivity (Wildman–Crippen MR) is 293 cm³/mol. The Hall–Kier alpha value is -0.830. The largest absolute Gasteiger partial charge is 0.465 e. The maximum absolute atomic E-state index is 12.8. The Morgan fingerprint density at radius 2 is 0.723 bits per heavy atom. The van der Waals surface area contributed by atoms with Gasteiger partial charge in [-0.3, -0.25) is 4.79 Å². The summed E-state index contributed by atoms with van der Waals surface area (Å²) in [6.45, 7) is 13.0. The molecule has 0 aromatic heterocycles. The molecular formula is C62H123NO2. The highest BCUT2D eigenvalue weighted by molar-refractivity contribution is 5.71. The summed E-state index contributed by atoms with van der Waals surface area (Å²) < 4.78 is 5.69. The van der Waals surface area contributed by atoms with E-state index in [9.17, 15) is 4.79 Å². The lowest BCUT2D eigenvalue weighted by Gasteiger charge is -2.17. The Bertz CT molecular complexity index is 958. The van der Waals surface area contributed by atoms with Gasteiger partial charge in [-0.15, -0.1) is 0 Å². The molecule has 0 bridgehead atoms. The van der Waals surface area contributed by atoms with Crippen molar-refractivity contribution in [1.82, 2.24) is 4.90 Å². The molecule has 0 aromatic rings. The van der Waals surface area contributed by atoms with Gasteiger partial charge in [0.05, 0.1) is 12.5 Å². The first-order valence-corrected chi connectivity index (χ1v) is 30.3. The summed E-state index contributed by atoms with van der Waals surface area (Å²) >= 11 is 0. The van der Waals surface area contributed by atoms with Crippen LogP contribution in [0.5, 0.6) is 0 Å². The number of hydrogen-bond acceptors (Lipinski definition) is 3. The first-order valence-electron chi connectivity index (χ1n) is 30.3. The second-order valence-corrected chi connectivity index (χ2v) is 22.1. The van der Waals surface area contributed by atoms with Crippen LogP contribution in [0.3, 0.4) is 0 Å². The summed E-state index contributed by atoms with van der Waals surface area (Å²) in [5.74, 6) is 1.38. The van der Waals surface area contributed by atoms with Gasteiger partial charge in [0, 0.05) is 0 Å². The summed E-state index contributed by atoms with van der Waals surface area (Å²) in [6, 6.07) is 0. The van der Waals surface area contributed by atoms with Crippen molar-refractivity contribution in [1.29, 1.82) is 0 Å². The minimum Gasteiger partial charge on any atom is -0.465 e. The molecule has 0 saturated carbocycles. The molecule has 0 aliphatic rings. The summed E-state index contributed by atoms with van der Waals surface area (Å²) in [5, 5.41) is 0. The van der Waals surface area contributed by atoms with E-state index in [1.54, 1.807) is 5.57 Å². The number of allylic oxidation sites excluding steroid dienone is 2. The fourth-order valence-corrected chi connectivity index (χ4v) is 10.4. The van der Waals surface area contributed by atoms with Crippen molar-refractivity contribution in [2.24, 2.45) is 17.8 Å². The first kappa shape index (κ1) is 64.2. The van der Waals surface area contributed by atoms with Crippen LogP contribution in [-0.4, -0.2) is 38.1 Å². The third kappa shape index (κ3) is 49.4. The number of esters is 1. The molecule has 3 unspecified atom stereocenters. The number of unbranched alkanes of at least 4 members (excludes halogenated alkanes) is 36. The molecular weight excluding hydrogens is 791 g/mol. The van der Waals surface area contributed by atoms with Gasteiger partial charge in [0.1, 0.15) is 0 Å². The Balaban J connectivity index is 4.72. The Morgan fingerprint density at radius 1 is 0.415 bits per heavy atom. The zero-order valence-electron chi connectivity index (χ0n) is 46.2. The Morgan fingerprint density at radius 3 is 1.05 bits per heavy atom. The van der Waals surface area contributed by atoms with Crippen LogP contribution in [0.4, 0.5) is 0 Å². The van der Waals surface area contributed by atoms with Gasteiger partial charge in [0.2, 0.25) is 0 Å². The highest BCUT2D eigenvalue weighted by Crippen LogP contribution is 2.27. The van der Waals surface area contributed by atoms with Crippen molar-refractivity contribution in [2.75, 3.05) is 27.2 Å². The molecule has 0 spiro atoms. The van der Waals surface area contributed by atoms with Gasteiger partial charge < -0.3 is 9.64 Å². The van der Waals surface area contributed by atoms with Gasteiger partial charge in [0.15, 0.2) is 0 Å². The molecule has 0 aliphatic carbocycles. The standard InChI is InChI=1S/C62H123NO2/c1-8-11-14-17-20-23-24-25-26-27-28-29-31-34-40-45-52-61(57-58(4)56-59(5)62(64)65-55-48-47-54-63(6)7)53-46-41-36-35-39-44-51-60(49-42-37-32-22-19-16-13-10-3)50-43-38-33-30-21-18-15-12-9-2/h57-60H,8-56H2,1-7H3/b61-57+. The van der Waals surface area contributed by atoms with E-state index in [2.05, 4.69) is 59.7 Å². The van der Waals surface area contributed by atoms with Crippen LogP contribution in [0.15, 0.2) is 11.6 Å². The monoisotopic (exact) mass is 914 g/mol. The lowest BCUT2D eigenvalue weighted by molar-refractivity contribution is -0.148. The van der Waals surface area contributed by atoms with E-state index in [1.807, 2.05) is 0 Å². The van der Waals surface area contributed by atoms with E-state index in [-0.39, 0.29) is 11.9 Å². The molecule has 65 heavy (non-hydrogen) atoms. The van der Waals surface area contributed by atoms with Crippen LogP contribution in [0, 0.1) is 17.8 Å². The van der Waals surface area contributed by atoms with Crippen molar-refractivity contribution in [2.45, 2.75) is 336 Å². The molecule has 0 N–H and O–H groups in total. The molecule has 3 heteroatoms. The van der Waals surface area contributed by atoms with Gasteiger partial charge in [-0.2, -0.15) is 0 Å². The van der Waals surface area contributed by atoms with Crippen LogP contribution in [0.2, 0.25) is 0 Å². The molecule has 0 aromatic carbocycles. The van der Waals surface area contributed by atoms with Crippen LogP contribution in [0.25, 0.3) is 0 Å². The fourth-order valence-electron chi connectivity index (χ4n) is 10.4. The normalized spacial score (nSPS) is 13.5.